The molecule has 2 aromatic heterocycles. The molecule has 3 aromatic rings. The van der Waals surface area contributed by atoms with Crippen molar-refractivity contribution in [2.75, 3.05) is 18.8 Å². The van der Waals surface area contributed by atoms with Crippen LogP contribution in [0.5, 0.6) is 5.75 Å². The number of amides is 1. The summed E-state index contributed by atoms with van der Waals surface area (Å²) in [7, 11) is 1.72. The largest absolute Gasteiger partial charge is 0.486 e. The lowest BCUT2D eigenvalue weighted by molar-refractivity contribution is -0.137. The number of oxazole rings is 1. The zero-order valence-corrected chi connectivity index (χ0v) is 15.9. The average molecular weight is 385 g/mol. The molecule has 1 aliphatic rings. The zero-order chi connectivity index (χ0) is 19.0. The SMILES string of the molecule is Cc1cc(OC2CN(C(=O)CSc3nc4ccccc4o3)C2)cc(=O)n1C. The van der Waals surface area contributed by atoms with Crippen molar-refractivity contribution in [1.29, 1.82) is 0 Å². The topological polar surface area (TPSA) is 77.6 Å². The van der Waals surface area contributed by atoms with Crippen LogP contribution in [-0.2, 0) is 11.8 Å². The third kappa shape index (κ3) is 3.71. The van der Waals surface area contributed by atoms with Gasteiger partial charge in [0.25, 0.3) is 10.8 Å². The smallest absolute Gasteiger partial charge is 0.257 e. The quantitative estimate of drug-likeness (QED) is 0.627. The molecule has 1 amide bonds. The Morgan fingerprint density at radius 1 is 1.33 bits per heavy atom. The molecular weight excluding hydrogens is 366 g/mol. The van der Waals surface area contributed by atoms with Crippen LogP contribution in [0.25, 0.3) is 11.1 Å². The van der Waals surface area contributed by atoms with Gasteiger partial charge >= 0.3 is 0 Å². The summed E-state index contributed by atoms with van der Waals surface area (Å²) in [4.78, 5) is 30.2. The molecule has 4 rings (SSSR count). The van der Waals surface area contributed by atoms with E-state index in [9.17, 15) is 9.59 Å². The van der Waals surface area contributed by atoms with Crippen molar-refractivity contribution in [3.8, 4) is 5.75 Å². The Morgan fingerprint density at radius 2 is 2.11 bits per heavy atom. The molecule has 7 nitrogen and oxygen atoms in total. The molecular formula is C19H19N3O4S. The predicted molar refractivity (Wildman–Crippen MR) is 102 cm³/mol. The number of carbonyl (C=O) groups is 1. The van der Waals surface area contributed by atoms with Gasteiger partial charge in [0.1, 0.15) is 17.4 Å². The molecule has 0 spiro atoms. The zero-order valence-electron chi connectivity index (χ0n) is 15.0. The van der Waals surface area contributed by atoms with E-state index in [-0.39, 0.29) is 23.3 Å². The van der Waals surface area contributed by atoms with Gasteiger partial charge in [0.05, 0.1) is 18.8 Å². The van der Waals surface area contributed by atoms with Crippen LogP contribution in [0.4, 0.5) is 0 Å². The first kappa shape index (κ1) is 17.7. The van der Waals surface area contributed by atoms with E-state index in [2.05, 4.69) is 4.98 Å². The Balaban J connectivity index is 1.28. The minimum Gasteiger partial charge on any atom is -0.486 e. The number of aryl methyl sites for hydroxylation is 1. The summed E-state index contributed by atoms with van der Waals surface area (Å²) in [6, 6.07) is 10.8. The van der Waals surface area contributed by atoms with Gasteiger partial charge in [-0.05, 0) is 25.1 Å². The van der Waals surface area contributed by atoms with Crippen molar-refractivity contribution < 1.29 is 13.9 Å². The molecule has 140 valence electrons. The highest BCUT2D eigenvalue weighted by molar-refractivity contribution is 7.99. The Kier molecular flexibility index (Phi) is 4.65. The number of benzene rings is 1. The summed E-state index contributed by atoms with van der Waals surface area (Å²) in [5, 5.41) is 0.494. The van der Waals surface area contributed by atoms with E-state index >= 15 is 0 Å². The molecule has 8 heteroatoms. The van der Waals surface area contributed by atoms with Gasteiger partial charge in [0.15, 0.2) is 5.58 Å². The Labute approximate surface area is 159 Å². The summed E-state index contributed by atoms with van der Waals surface area (Å²) in [6.07, 6.45) is -0.0882. The number of likely N-dealkylation sites (tertiary alicyclic amines) is 1. The normalized spacial score (nSPS) is 14.4. The van der Waals surface area contributed by atoms with E-state index in [1.165, 1.54) is 17.8 Å². The summed E-state index contributed by atoms with van der Waals surface area (Å²) in [5.41, 5.74) is 2.23. The van der Waals surface area contributed by atoms with Gasteiger partial charge in [0.2, 0.25) is 5.91 Å². The number of thioether (sulfide) groups is 1. The van der Waals surface area contributed by atoms with E-state index in [4.69, 9.17) is 9.15 Å². The lowest BCUT2D eigenvalue weighted by Crippen LogP contribution is -2.56. The molecule has 0 atom stereocenters. The van der Waals surface area contributed by atoms with E-state index in [1.807, 2.05) is 37.3 Å². The van der Waals surface area contributed by atoms with Crippen LogP contribution in [0.15, 0.2) is 50.8 Å². The Hall–Kier alpha value is -2.74. The molecule has 0 saturated carbocycles. The third-order valence-electron chi connectivity index (χ3n) is 4.57. The fourth-order valence-electron chi connectivity index (χ4n) is 2.84. The molecule has 1 saturated heterocycles. The van der Waals surface area contributed by atoms with Gasteiger partial charge in [-0.25, -0.2) is 4.98 Å². The summed E-state index contributed by atoms with van der Waals surface area (Å²) in [5.74, 6) is 0.834. The van der Waals surface area contributed by atoms with Crippen molar-refractivity contribution in [1.82, 2.24) is 14.5 Å². The van der Waals surface area contributed by atoms with Crippen LogP contribution in [0.1, 0.15) is 5.69 Å². The number of hydrogen-bond donors (Lipinski definition) is 0. The van der Waals surface area contributed by atoms with Gasteiger partial charge < -0.3 is 18.6 Å². The predicted octanol–water partition coefficient (Wildman–Crippen LogP) is 2.22. The van der Waals surface area contributed by atoms with Crippen LogP contribution in [-0.4, -0.2) is 45.3 Å². The summed E-state index contributed by atoms with van der Waals surface area (Å²) >= 11 is 1.29. The van der Waals surface area contributed by atoms with Crippen molar-refractivity contribution in [3.63, 3.8) is 0 Å². The maximum Gasteiger partial charge on any atom is 0.257 e. The number of rotatable bonds is 5. The molecule has 1 aliphatic heterocycles. The third-order valence-corrected chi connectivity index (χ3v) is 5.39. The molecule has 1 aromatic carbocycles. The lowest BCUT2D eigenvalue weighted by atomic mass is 10.1. The molecule has 3 heterocycles. The number of ether oxygens (including phenoxy) is 1. The molecule has 0 N–H and O–H groups in total. The van der Waals surface area contributed by atoms with E-state index < -0.39 is 0 Å². The number of nitrogens with zero attached hydrogens (tertiary/aromatic N) is 3. The number of hydrogen-bond acceptors (Lipinski definition) is 6. The second-order valence-electron chi connectivity index (χ2n) is 6.50. The minimum absolute atomic E-state index is 0.0160. The first-order valence-electron chi connectivity index (χ1n) is 8.60. The summed E-state index contributed by atoms with van der Waals surface area (Å²) in [6.45, 7) is 2.89. The van der Waals surface area contributed by atoms with Gasteiger partial charge in [0, 0.05) is 18.8 Å². The molecule has 0 unspecified atom stereocenters. The van der Waals surface area contributed by atoms with Crippen molar-refractivity contribution >= 4 is 28.8 Å². The fourth-order valence-corrected chi connectivity index (χ4v) is 3.58. The number of fused-ring (bicyclic) bond motifs is 1. The molecule has 0 aliphatic carbocycles. The van der Waals surface area contributed by atoms with E-state index in [1.54, 1.807) is 16.5 Å². The highest BCUT2D eigenvalue weighted by atomic mass is 32.2. The Bertz CT molecular complexity index is 1020. The highest BCUT2D eigenvalue weighted by Crippen LogP contribution is 2.24. The Morgan fingerprint density at radius 3 is 2.85 bits per heavy atom. The maximum absolute atomic E-state index is 12.3. The van der Waals surface area contributed by atoms with Crippen LogP contribution in [0.2, 0.25) is 0 Å². The first-order chi connectivity index (χ1) is 13.0. The van der Waals surface area contributed by atoms with E-state index in [0.717, 1.165) is 11.2 Å². The molecule has 0 radical (unpaired) electrons. The summed E-state index contributed by atoms with van der Waals surface area (Å²) < 4.78 is 13.0. The standard InChI is InChI=1S/C19H19N3O4S/c1-12-7-13(8-17(23)21(12)2)25-14-9-22(10-14)18(24)11-27-19-20-15-5-3-4-6-16(15)26-19/h3-8,14H,9-11H2,1-2H3. The molecule has 1 fully saturated rings. The van der Waals surface area contributed by atoms with Gasteiger partial charge in [-0.2, -0.15) is 0 Å². The van der Waals surface area contributed by atoms with Crippen molar-refractivity contribution in [2.45, 2.75) is 18.3 Å². The number of aromatic nitrogens is 2. The highest BCUT2D eigenvalue weighted by Gasteiger charge is 2.32. The van der Waals surface area contributed by atoms with Crippen LogP contribution >= 0.6 is 11.8 Å². The number of pyridine rings is 1. The van der Waals surface area contributed by atoms with Crippen LogP contribution in [0.3, 0.4) is 0 Å². The lowest BCUT2D eigenvalue weighted by Gasteiger charge is -2.38. The monoisotopic (exact) mass is 385 g/mol. The minimum atomic E-state index is -0.105. The fraction of sp³-hybridized carbons (Fsp3) is 0.316. The van der Waals surface area contributed by atoms with Crippen LogP contribution < -0.4 is 10.3 Å². The van der Waals surface area contributed by atoms with Gasteiger partial charge in [-0.15, -0.1) is 0 Å². The van der Waals surface area contributed by atoms with E-state index in [0.29, 0.717) is 29.6 Å². The van der Waals surface area contributed by atoms with Gasteiger partial charge in [-0.3, -0.25) is 9.59 Å². The maximum atomic E-state index is 12.3. The van der Waals surface area contributed by atoms with Gasteiger partial charge in [-0.1, -0.05) is 23.9 Å². The number of para-hydroxylation sites is 2. The molecule has 0 bridgehead atoms. The second kappa shape index (κ2) is 7.11. The molecule has 27 heavy (non-hydrogen) atoms. The van der Waals surface area contributed by atoms with Crippen molar-refractivity contribution in [3.05, 3.63) is 52.4 Å². The average Bonchev–Trinajstić information content (AvgIpc) is 3.03. The second-order valence-corrected chi connectivity index (χ2v) is 7.43. The van der Waals surface area contributed by atoms with Crippen LogP contribution in [0, 0.1) is 6.92 Å². The first-order valence-corrected chi connectivity index (χ1v) is 9.58. The number of carbonyl (C=O) groups excluding carboxylic acids is 1. The van der Waals surface area contributed by atoms with Crippen molar-refractivity contribution in [2.24, 2.45) is 7.05 Å².